The number of ether oxygens (including phenoxy) is 2. The van der Waals surface area contributed by atoms with Gasteiger partial charge in [-0.2, -0.15) is 13.2 Å². The molecular formula is C19H22ClF3N2O3. The Morgan fingerprint density at radius 2 is 1.79 bits per heavy atom. The van der Waals surface area contributed by atoms with Crippen LogP contribution in [0.15, 0.2) is 42.5 Å². The van der Waals surface area contributed by atoms with Gasteiger partial charge in [0.25, 0.3) is 5.91 Å². The number of methoxy groups -OCH3 is 1. The number of carbonyl (C=O) groups excluding carboxylic acids is 1. The molecule has 28 heavy (non-hydrogen) atoms. The Kier molecular flexibility index (Phi) is 9.24. The standard InChI is InChI=1S/C19H21F3N2O3.ClH/c1-26-7-2-8-27-17-5-3-14(4-6-17)18(25)24-16-10-13(12-23)9-15(11-16)19(20,21)22;/h3-6,9-11H,2,7-8,12,23H2,1H3,(H,24,25);1H. The summed E-state index contributed by atoms with van der Waals surface area (Å²) in [5, 5.41) is 2.47. The molecule has 0 atom stereocenters. The van der Waals surface area contributed by atoms with Crippen LogP contribution in [-0.2, 0) is 17.5 Å². The quantitative estimate of drug-likeness (QED) is 0.628. The molecule has 2 aromatic carbocycles. The number of hydrogen-bond acceptors (Lipinski definition) is 4. The van der Waals surface area contributed by atoms with E-state index in [1.165, 1.54) is 6.07 Å². The Balaban J connectivity index is 0.00000392. The molecule has 0 aromatic heterocycles. The van der Waals surface area contributed by atoms with Gasteiger partial charge in [0, 0.05) is 37.9 Å². The molecule has 0 unspecified atom stereocenters. The van der Waals surface area contributed by atoms with Crippen LogP contribution in [0.1, 0.15) is 27.9 Å². The van der Waals surface area contributed by atoms with Gasteiger partial charge in [-0.15, -0.1) is 12.4 Å². The van der Waals surface area contributed by atoms with E-state index in [2.05, 4.69) is 5.32 Å². The second-order valence-electron chi connectivity index (χ2n) is 5.79. The molecule has 1 amide bonds. The molecule has 0 saturated carbocycles. The molecular weight excluding hydrogens is 397 g/mol. The number of hydrogen-bond donors (Lipinski definition) is 2. The lowest BCUT2D eigenvalue weighted by atomic mass is 10.1. The van der Waals surface area contributed by atoms with Crippen molar-refractivity contribution in [1.29, 1.82) is 0 Å². The summed E-state index contributed by atoms with van der Waals surface area (Å²) in [5.74, 6) is 0.0652. The first-order valence-corrected chi connectivity index (χ1v) is 8.28. The number of rotatable bonds is 8. The van der Waals surface area contributed by atoms with Crippen LogP contribution >= 0.6 is 12.4 Å². The van der Waals surface area contributed by atoms with Crippen LogP contribution in [0.5, 0.6) is 5.75 Å². The Bertz CT molecular complexity index is 768. The van der Waals surface area contributed by atoms with Gasteiger partial charge >= 0.3 is 6.18 Å². The predicted octanol–water partition coefficient (Wildman–Crippen LogP) is 4.25. The number of nitrogens with one attached hydrogen (secondary N) is 1. The molecule has 9 heteroatoms. The van der Waals surface area contributed by atoms with Crippen molar-refractivity contribution >= 4 is 24.0 Å². The van der Waals surface area contributed by atoms with E-state index in [0.29, 0.717) is 24.5 Å². The van der Waals surface area contributed by atoms with Gasteiger partial charge < -0.3 is 20.5 Å². The minimum atomic E-state index is -4.52. The maximum atomic E-state index is 13.0. The van der Waals surface area contributed by atoms with Crippen LogP contribution in [-0.4, -0.2) is 26.2 Å². The van der Waals surface area contributed by atoms with E-state index in [0.717, 1.165) is 18.6 Å². The van der Waals surface area contributed by atoms with Crippen molar-refractivity contribution < 1.29 is 27.4 Å². The van der Waals surface area contributed by atoms with Crippen molar-refractivity contribution in [3.8, 4) is 5.75 Å². The first-order chi connectivity index (χ1) is 12.8. The lowest BCUT2D eigenvalue weighted by Crippen LogP contribution is -2.14. The highest BCUT2D eigenvalue weighted by molar-refractivity contribution is 6.04. The largest absolute Gasteiger partial charge is 0.494 e. The average Bonchev–Trinajstić information content (AvgIpc) is 2.64. The maximum absolute atomic E-state index is 13.0. The average molecular weight is 419 g/mol. The molecule has 0 aliphatic carbocycles. The van der Waals surface area contributed by atoms with E-state index in [-0.39, 0.29) is 30.2 Å². The van der Waals surface area contributed by atoms with Crippen LogP contribution < -0.4 is 15.8 Å². The van der Waals surface area contributed by atoms with Gasteiger partial charge in [0.15, 0.2) is 0 Å². The van der Waals surface area contributed by atoms with Gasteiger partial charge in [0.1, 0.15) is 5.75 Å². The van der Waals surface area contributed by atoms with E-state index >= 15 is 0 Å². The maximum Gasteiger partial charge on any atom is 0.416 e. The third kappa shape index (κ3) is 7.03. The molecule has 0 heterocycles. The fourth-order valence-electron chi connectivity index (χ4n) is 2.34. The van der Waals surface area contributed by atoms with Crippen LogP contribution in [0, 0.1) is 0 Å². The molecule has 0 aliphatic rings. The lowest BCUT2D eigenvalue weighted by Gasteiger charge is -2.13. The highest BCUT2D eigenvalue weighted by Gasteiger charge is 2.31. The Morgan fingerprint density at radius 1 is 1.11 bits per heavy atom. The zero-order chi connectivity index (χ0) is 19.9. The third-order valence-corrected chi connectivity index (χ3v) is 3.69. The second kappa shape index (κ2) is 10.9. The van der Waals surface area contributed by atoms with Gasteiger partial charge in [-0.3, -0.25) is 4.79 Å². The lowest BCUT2D eigenvalue weighted by molar-refractivity contribution is -0.137. The molecule has 0 spiro atoms. The minimum absolute atomic E-state index is 0. The van der Waals surface area contributed by atoms with Gasteiger partial charge in [0.05, 0.1) is 12.2 Å². The van der Waals surface area contributed by atoms with E-state index in [1.54, 1.807) is 31.4 Å². The molecule has 2 rings (SSSR count). The van der Waals surface area contributed by atoms with Crippen molar-refractivity contribution in [3.05, 3.63) is 59.2 Å². The van der Waals surface area contributed by atoms with Crippen molar-refractivity contribution in [2.75, 3.05) is 25.6 Å². The molecule has 0 fully saturated rings. The predicted molar refractivity (Wildman–Crippen MR) is 103 cm³/mol. The molecule has 0 saturated heterocycles. The number of benzene rings is 2. The second-order valence-corrected chi connectivity index (χ2v) is 5.79. The van der Waals surface area contributed by atoms with E-state index in [1.807, 2.05) is 0 Å². The van der Waals surface area contributed by atoms with Crippen molar-refractivity contribution in [2.45, 2.75) is 19.1 Å². The van der Waals surface area contributed by atoms with E-state index in [4.69, 9.17) is 15.2 Å². The molecule has 0 bridgehead atoms. The Hall–Kier alpha value is -2.29. The summed E-state index contributed by atoms with van der Waals surface area (Å²) in [6.07, 6.45) is -3.79. The molecule has 5 nitrogen and oxygen atoms in total. The number of anilines is 1. The number of amides is 1. The molecule has 2 aromatic rings. The van der Waals surface area contributed by atoms with Crippen LogP contribution in [0.2, 0.25) is 0 Å². The summed E-state index contributed by atoms with van der Waals surface area (Å²) in [6.45, 7) is 0.996. The monoisotopic (exact) mass is 418 g/mol. The summed E-state index contributed by atoms with van der Waals surface area (Å²) in [7, 11) is 1.61. The SMILES string of the molecule is COCCCOc1ccc(C(=O)Nc2cc(CN)cc(C(F)(F)F)c2)cc1.Cl. The smallest absolute Gasteiger partial charge is 0.416 e. The Morgan fingerprint density at radius 3 is 2.36 bits per heavy atom. The fraction of sp³-hybridized carbons (Fsp3) is 0.316. The zero-order valence-corrected chi connectivity index (χ0v) is 16.0. The summed E-state index contributed by atoms with van der Waals surface area (Å²) in [4.78, 5) is 12.3. The molecule has 0 aliphatic heterocycles. The van der Waals surface area contributed by atoms with E-state index < -0.39 is 17.6 Å². The van der Waals surface area contributed by atoms with Crippen molar-refractivity contribution in [2.24, 2.45) is 5.73 Å². The van der Waals surface area contributed by atoms with E-state index in [9.17, 15) is 18.0 Å². The summed E-state index contributed by atoms with van der Waals surface area (Å²) >= 11 is 0. The van der Waals surface area contributed by atoms with Crippen molar-refractivity contribution in [3.63, 3.8) is 0 Å². The van der Waals surface area contributed by atoms with Gasteiger partial charge in [-0.05, 0) is 48.0 Å². The van der Waals surface area contributed by atoms with Crippen molar-refractivity contribution in [1.82, 2.24) is 0 Å². The van der Waals surface area contributed by atoms with Gasteiger partial charge in [0.2, 0.25) is 0 Å². The summed E-state index contributed by atoms with van der Waals surface area (Å²) in [5.41, 5.74) is 5.20. The first-order valence-electron chi connectivity index (χ1n) is 8.28. The summed E-state index contributed by atoms with van der Waals surface area (Å²) in [6, 6.07) is 9.59. The number of alkyl halides is 3. The normalized spacial score (nSPS) is 10.9. The van der Waals surface area contributed by atoms with Crippen LogP contribution in [0.3, 0.4) is 0 Å². The van der Waals surface area contributed by atoms with Gasteiger partial charge in [-0.25, -0.2) is 0 Å². The molecule has 154 valence electrons. The number of halogens is 4. The topological polar surface area (TPSA) is 73.6 Å². The fourth-order valence-corrected chi connectivity index (χ4v) is 2.34. The minimum Gasteiger partial charge on any atom is -0.494 e. The van der Waals surface area contributed by atoms with Crippen LogP contribution in [0.25, 0.3) is 0 Å². The first kappa shape index (κ1) is 23.7. The highest BCUT2D eigenvalue weighted by Crippen LogP contribution is 2.32. The van der Waals surface area contributed by atoms with Crippen LogP contribution in [0.4, 0.5) is 18.9 Å². The summed E-state index contributed by atoms with van der Waals surface area (Å²) < 4.78 is 49.3. The Labute approximate surface area is 167 Å². The molecule has 3 N–H and O–H groups in total. The molecule has 0 radical (unpaired) electrons. The van der Waals surface area contributed by atoms with Gasteiger partial charge in [-0.1, -0.05) is 0 Å². The highest BCUT2D eigenvalue weighted by atomic mass is 35.5. The number of carbonyl (C=O) groups is 1. The zero-order valence-electron chi connectivity index (χ0n) is 15.2. The third-order valence-electron chi connectivity index (χ3n) is 3.69. The number of nitrogens with two attached hydrogens (primary N) is 1.